The molecule has 0 bridgehead atoms. The van der Waals surface area contributed by atoms with Crippen molar-refractivity contribution in [3.63, 3.8) is 0 Å². The van der Waals surface area contributed by atoms with Crippen LogP contribution in [0.1, 0.15) is 5.56 Å². The van der Waals surface area contributed by atoms with Crippen LogP contribution < -0.4 is 15.2 Å². The molecule has 0 saturated carbocycles. The summed E-state index contributed by atoms with van der Waals surface area (Å²) in [5.74, 6) is 0.155. The standard InChI is InChI=1S/C12H9F3N2O3/c13-12(14,15)6-1-2-8-11(19-4-3-18-8)10(6)7-5-9(16)20-17-7/h1-2,5H,3-4,16H2. The van der Waals surface area contributed by atoms with Crippen molar-refractivity contribution in [2.75, 3.05) is 18.9 Å². The number of aromatic nitrogens is 1. The van der Waals surface area contributed by atoms with Crippen molar-refractivity contribution in [2.24, 2.45) is 0 Å². The Balaban J connectivity index is 2.27. The third-order valence-electron chi connectivity index (χ3n) is 2.80. The molecule has 0 atom stereocenters. The lowest BCUT2D eigenvalue weighted by Gasteiger charge is -2.23. The Hall–Kier alpha value is -2.38. The highest BCUT2D eigenvalue weighted by molar-refractivity contribution is 5.76. The van der Waals surface area contributed by atoms with E-state index in [1.807, 2.05) is 0 Å². The number of anilines is 1. The Morgan fingerprint density at radius 2 is 1.90 bits per heavy atom. The highest BCUT2D eigenvalue weighted by Crippen LogP contribution is 2.47. The number of ether oxygens (including phenoxy) is 2. The Bertz CT molecular complexity index is 652. The Morgan fingerprint density at radius 3 is 2.55 bits per heavy atom. The second-order valence-electron chi connectivity index (χ2n) is 4.12. The van der Waals surface area contributed by atoms with Gasteiger partial charge in [0.15, 0.2) is 11.5 Å². The molecule has 0 aliphatic carbocycles. The number of fused-ring (bicyclic) bond motifs is 1. The molecule has 1 aliphatic rings. The van der Waals surface area contributed by atoms with Crippen LogP contribution in [-0.4, -0.2) is 18.4 Å². The number of hydrogen-bond donors (Lipinski definition) is 1. The number of hydrogen-bond acceptors (Lipinski definition) is 5. The lowest BCUT2D eigenvalue weighted by Crippen LogP contribution is -2.18. The minimum atomic E-state index is -4.56. The van der Waals surface area contributed by atoms with Crippen molar-refractivity contribution in [3.8, 4) is 22.8 Å². The van der Waals surface area contributed by atoms with Crippen LogP contribution in [0.4, 0.5) is 19.1 Å². The van der Waals surface area contributed by atoms with E-state index in [0.29, 0.717) is 0 Å². The van der Waals surface area contributed by atoms with Gasteiger partial charge < -0.3 is 19.7 Å². The highest BCUT2D eigenvalue weighted by atomic mass is 19.4. The fourth-order valence-corrected chi connectivity index (χ4v) is 2.01. The predicted molar refractivity (Wildman–Crippen MR) is 62.3 cm³/mol. The molecule has 0 spiro atoms. The van der Waals surface area contributed by atoms with E-state index < -0.39 is 11.7 Å². The van der Waals surface area contributed by atoms with Crippen molar-refractivity contribution < 1.29 is 27.2 Å². The lowest BCUT2D eigenvalue weighted by atomic mass is 10.0. The number of benzene rings is 1. The number of halogens is 3. The zero-order chi connectivity index (χ0) is 14.3. The van der Waals surface area contributed by atoms with E-state index in [9.17, 15) is 13.2 Å². The van der Waals surface area contributed by atoms with E-state index in [1.54, 1.807) is 0 Å². The molecular weight excluding hydrogens is 277 g/mol. The summed E-state index contributed by atoms with van der Waals surface area (Å²) in [6, 6.07) is 3.36. The van der Waals surface area contributed by atoms with Gasteiger partial charge in [-0.05, 0) is 12.1 Å². The summed E-state index contributed by atoms with van der Waals surface area (Å²) in [4.78, 5) is 0. The number of nitrogen functional groups attached to an aromatic ring is 1. The largest absolute Gasteiger partial charge is 0.486 e. The third kappa shape index (κ3) is 2.02. The lowest BCUT2D eigenvalue weighted by molar-refractivity contribution is -0.137. The molecule has 0 amide bonds. The second-order valence-corrected chi connectivity index (χ2v) is 4.12. The van der Waals surface area contributed by atoms with Crippen molar-refractivity contribution in [2.45, 2.75) is 6.18 Å². The van der Waals surface area contributed by atoms with Crippen LogP contribution in [-0.2, 0) is 6.18 Å². The van der Waals surface area contributed by atoms with Crippen LogP contribution in [0.3, 0.4) is 0 Å². The van der Waals surface area contributed by atoms with Gasteiger partial charge in [-0.25, -0.2) is 0 Å². The summed E-state index contributed by atoms with van der Waals surface area (Å²) in [7, 11) is 0. The molecule has 106 valence electrons. The monoisotopic (exact) mass is 286 g/mol. The average molecular weight is 286 g/mol. The first-order valence-corrected chi connectivity index (χ1v) is 5.69. The minimum absolute atomic E-state index is 0.000579. The van der Waals surface area contributed by atoms with Crippen LogP contribution in [0.15, 0.2) is 22.7 Å². The molecule has 5 nitrogen and oxygen atoms in total. The second kappa shape index (κ2) is 4.32. The van der Waals surface area contributed by atoms with Crippen LogP contribution in [0.25, 0.3) is 11.3 Å². The van der Waals surface area contributed by atoms with Crippen LogP contribution in [0, 0.1) is 0 Å². The Morgan fingerprint density at radius 1 is 1.15 bits per heavy atom. The highest BCUT2D eigenvalue weighted by Gasteiger charge is 2.38. The first-order chi connectivity index (χ1) is 9.47. The molecule has 2 aromatic rings. The van der Waals surface area contributed by atoms with Crippen molar-refractivity contribution >= 4 is 5.88 Å². The van der Waals surface area contributed by atoms with Gasteiger partial charge in [0.25, 0.3) is 0 Å². The molecule has 0 unspecified atom stereocenters. The third-order valence-corrected chi connectivity index (χ3v) is 2.80. The molecule has 0 radical (unpaired) electrons. The summed E-state index contributed by atoms with van der Waals surface area (Å²) >= 11 is 0. The van der Waals surface area contributed by atoms with Gasteiger partial charge in [0.1, 0.15) is 18.9 Å². The average Bonchev–Trinajstić information content (AvgIpc) is 2.82. The minimum Gasteiger partial charge on any atom is -0.486 e. The van der Waals surface area contributed by atoms with Crippen molar-refractivity contribution in [1.29, 1.82) is 0 Å². The normalized spacial score (nSPS) is 14.3. The summed E-state index contributed by atoms with van der Waals surface area (Å²) < 4.78 is 54.6. The summed E-state index contributed by atoms with van der Waals surface area (Å²) in [5.41, 5.74) is 4.22. The summed E-state index contributed by atoms with van der Waals surface area (Å²) in [6.07, 6.45) is -4.56. The number of nitrogens with two attached hydrogens (primary N) is 1. The summed E-state index contributed by atoms with van der Waals surface area (Å²) in [5, 5.41) is 3.53. The number of nitrogens with zero attached hydrogens (tertiary/aromatic N) is 1. The molecule has 1 aromatic carbocycles. The molecule has 1 aliphatic heterocycles. The smallest absolute Gasteiger partial charge is 0.417 e. The predicted octanol–water partition coefficient (Wildman–Crippen LogP) is 2.71. The van der Waals surface area contributed by atoms with Gasteiger partial charge in [-0.15, -0.1) is 0 Å². The molecule has 2 heterocycles. The van der Waals surface area contributed by atoms with E-state index in [-0.39, 0.29) is 41.9 Å². The molecule has 2 N–H and O–H groups in total. The number of alkyl halides is 3. The van der Waals surface area contributed by atoms with Gasteiger partial charge in [-0.3, -0.25) is 0 Å². The molecule has 8 heteroatoms. The molecule has 0 fully saturated rings. The zero-order valence-electron chi connectivity index (χ0n) is 10.0. The fraction of sp³-hybridized carbons (Fsp3) is 0.250. The Labute approximate surface area is 111 Å². The van der Waals surface area contributed by atoms with E-state index in [0.717, 1.165) is 6.07 Å². The first kappa shape index (κ1) is 12.6. The van der Waals surface area contributed by atoms with Gasteiger partial charge in [0, 0.05) is 6.07 Å². The molecular formula is C12H9F3N2O3. The van der Waals surface area contributed by atoms with Crippen LogP contribution in [0.5, 0.6) is 11.5 Å². The first-order valence-electron chi connectivity index (χ1n) is 5.69. The van der Waals surface area contributed by atoms with Gasteiger partial charge in [-0.1, -0.05) is 5.16 Å². The van der Waals surface area contributed by atoms with E-state index in [1.165, 1.54) is 12.1 Å². The maximum absolute atomic E-state index is 13.1. The maximum Gasteiger partial charge on any atom is 0.417 e. The van der Waals surface area contributed by atoms with Gasteiger partial charge in [-0.2, -0.15) is 13.2 Å². The van der Waals surface area contributed by atoms with Gasteiger partial charge >= 0.3 is 6.18 Å². The molecule has 3 rings (SSSR count). The topological polar surface area (TPSA) is 70.5 Å². The van der Waals surface area contributed by atoms with Crippen LogP contribution in [0.2, 0.25) is 0 Å². The van der Waals surface area contributed by atoms with Crippen LogP contribution >= 0.6 is 0 Å². The van der Waals surface area contributed by atoms with Gasteiger partial charge in [0.2, 0.25) is 5.88 Å². The van der Waals surface area contributed by atoms with Crippen molar-refractivity contribution in [3.05, 3.63) is 23.8 Å². The van der Waals surface area contributed by atoms with Crippen molar-refractivity contribution in [1.82, 2.24) is 5.16 Å². The molecule has 20 heavy (non-hydrogen) atoms. The van der Waals surface area contributed by atoms with E-state index in [4.69, 9.17) is 15.2 Å². The van der Waals surface area contributed by atoms with E-state index in [2.05, 4.69) is 9.68 Å². The summed E-state index contributed by atoms with van der Waals surface area (Å²) in [6.45, 7) is 0.438. The fourth-order valence-electron chi connectivity index (χ4n) is 2.01. The Kier molecular flexibility index (Phi) is 2.73. The maximum atomic E-state index is 13.1. The zero-order valence-corrected chi connectivity index (χ0v) is 10.0. The molecule has 0 saturated heterocycles. The molecule has 1 aromatic heterocycles. The number of rotatable bonds is 1. The van der Waals surface area contributed by atoms with E-state index >= 15 is 0 Å². The van der Waals surface area contributed by atoms with Gasteiger partial charge in [0.05, 0.1) is 11.1 Å². The quantitative estimate of drug-likeness (QED) is 0.872. The SMILES string of the molecule is Nc1cc(-c2c(C(F)(F)F)ccc3c2OCCO3)no1.